The van der Waals surface area contributed by atoms with Gasteiger partial charge in [0.25, 0.3) is 0 Å². The first-order chi connectivity index (χ1) is 10.1. The van der Waals surface area contributed by atoms with Gasteiger partial charge in [-0.05, 0) is 43.5 Å². The van der Waals surface area contributed by atoms with E-state index in [0.717, 1.165) is 29.8 Å². The number of aliphatic hydroxyl groups is 1. The Bertz CT molecular complexity index is 542. The number of aliphatic hydroxyl groups excluding tert-OH is 1. The molecule has 1 atom stereocenters. The Hall–Kier alpha value is -1.81. The minimum atomic E-state index is -0.449. The van der Waals surface area contributed by atoms with Gasteiger partial charge in [-0.15, -0.1) is 0 Å². The van der Waals surface area contributed by atoms with Crippen molar-refractivity contribution in [3.05, 3.63) is 47.8 Å². The Morgan fingerprint density at radius 1 is 1.14 bits per heavy atom. The van der Waals surface area contributed by atoms with Gasteiger partial charge >= 0.3 is 0 Å². The number of ether oxygens (including phenoxy) is 1. The molecule has 0 fully saturated rings. The fourth-order valence-electron chi connectivity index (χ4n) is 2.32. The average molecular weight is 288 g/mol. The van der Waals surface area contributed by atoms with E-state index >= 15 is 0 Å². The van der Waals surface area contributed by atoms with Gasteiger partial charge in [0.2, 0.25) is 0 Å². The Kier molecular flexibility index (Phi) is 5.39. The van der Waals surface area contributed by atoms with Gasteiger partial charge in [0.05, 0.1) is 17.8 Å². The van der Waals surface area contributed by atoms with Crippen LogP contribution in [0.5, 0.6) is 5.75 Å². The number of nitrogens with zero attached hydrogens (tertiary/aromatic N) is 2. The first-order valence-corrected chi connectivity index (χ1v) is 7.58. The summed E-state index contributed by atoms with van der Waals surface area (Å²) in [5.41, 5.74) is 1.82. The highest BCUT2D eigenvalue weighted by atomic mass is 16.5. The van der Waals surface area contributed by atoms with Gasteiger partial charge in [-0.3, -0.25) is 4.68 Å². The molecular formula is C17H24N2O2. The molecule has 0 aliphatic carbocycles. The molecule has 1 aromatic heterocycles. The lowest BCUT2D eigenvalue weighted by molar-refractivity contribution is 0.199. The first-order valence-electron chi connectivity index (χ1n) is 7.58. The topological polar surface area (TPSA) is 47.3 Å². The van der Waals surface area contributed by atoms with E-state index in [1.807, 2.05) is 41.2 Å². The summed E-state index contributed by atoms with van der Waals surface area (Å²) in [6.07, 6.45) is 3.74. The molecule has 0 amide bonds. The van der Waals surface area contributed by atoms with Crippen LogP contribution in [0.3, 0.4) is 0 Å². The molecule has 0 radical (unpaired) electrons. The molecule has 21 heavy (non-hydrogen) atoms. The van der Waals surface area contributed by atoms with Crippen LogP contribution >= 0.6 is 0 Å². The smallest absolute Gasteiger partial charge is 0.132 e. The van der Waals surface area contributed by atoms with Crippen LogP contribution in [0.4, 0.5) is 0 Å². The highest BCUT2D eigenvalue weighted by Gasteiger charge is 2.08. The molecule has 1 heterocycles. The van der Waals surface area contributed by atoms with Crippen molar-refractivity contribution < 1.29 is 9.84 Å². The van der Waals surface area contributed by atoms with E-state index in [1.54, 1.807) is 6.92 Å². The predicted octanol–water partition coefficient (Wildman–Crippen LogP) is 3.88. The third kappa shape index (κ3) is 4.08. The van der Waals surface area contributed by atoms with E-state index in [-0.39, 0.29) is 0 Å². The Morgan fingerprint density at radius 2 is 1.81 bits per heavy atom. The summed E-state index contributed by atoms with van der Waals surface area (Å²) < 4.78 is 7.75. The molecule has 0 saturated heterocycles. The normalized spacial score (nSPS) is 12.6. The molecule has 4 nitrogen and oxygen atoms in total. The Balaban J connectivity index is 1.93. The zero-order chi connectivity index (χ0) is 15.2. The number of aromatic nitrogens is 2. The van der Waals surface area contributed by atoms with Crippen molar-refractivity contribution in [2.24, 2.45) is 0 Å². The molecule has 4 heteroatoms. The summed E-state index contributed by atoms with van der Waals surface area (Å²) in [4.78, 5) is 0. The third-order valence-electron chi connectivity index (χ3n) is 3.73. The summed E-state index contributed by atoms with van der Waals surface area (Å²) >= 11 is 0. The zero-order valence-corrected chi connectivity index (χ0v) is 13.0. The Morgan fingerprint density at radius 3 is 2.38 bits per heavy atom. The maximum absolute atomic E-state index is 9.47. The summed E-state index contributed by atoms with van der Waals surface area (Å²) in [6.45, 7) is 6.56. The van der Waals surface area contributed by atoms with Crippen LogP contribution in [-0.2, 0) is 6.61 Å². The van der Waals surface area contributed by atoms with E-state index in [0.29, 0.717) is 12.6 Å². The number of benzene rings is 1. The second kappa shape index (κ2) is 7.27. The van der Waals surface area contributed by atoms with Crippen LogP contribution < -0.4 is 4.74 Å². The molecule has 0 spiro atoms. The van der Waals surface area contributed by atoms with Gasteiger partial charge in [-0.25, -0.2) is 0 Å². The van der Waals surface area contributed by atoms with Crippen LogP contribution in [0.2, 0.25) is 0 Å². The van der Waals surface area contributed by atoms with Gasteiger partial charge in [0, 0.05) is 6.20 Å². The van der Waals surface area contributed by atoms with E-state index in [9.17, 15) is 5.11 Å². The van der Waals surface area contributed by atoms with E-state index in [4.69, 9.17) is 4.74 Å². The van der Waals surface area contributed by atoms with Gasteiger partial charge < -0.3 is 9.84 Å². The SMILES string of the molecule is CCC(CC)n1ccc(COc2ccc([C@H](C)O)cc2)n1. The van der Waals surface area contributed by atoms with Gasteiger partial charge in [0.15, 0.2) is 0 Å². The fourth-order valence-corrected chi connectivity index (χ4v) is 2.32. The Labute approximate surface area is 126 Å². The van der Waals surface area contributed by atoms with Crippen LogP contribution in [0.1, 0.15) is 57.0 Å². The predicted molar refractivity (Wildman–Crippen MR) is 83.3 cm³/mol. The molecule has 1 N–H and O–H groups in total. The second-order valence-electron chi connectivity index (χ2n) is 5.29. The molecule has 0 aliphatic rings. The van der Waals surface area contributed by atoms with Crippen molar-refractivity contribution in [3.8, 4) is 5.75 Å². The molecule has 114 valence electrons. The number of rotatable bonds is 7. The number of hydrogen-bond donors (Lipinski definition) is 1. The molecule has 1 aromatic carbocycles. The zero-order valence-electron chi connectivity index (χ0n) is 13.0. The van der Waals surface area contributed by atoms with Crippen molar-refractivity contribution >= 4 is 0 Å². The highest BCUT2D eigenvalue weighted by Crippen LogP contribution is 2.19. The summed E-state index contributed by atoms with van der Waals surface area (Å²) in [7, 11) is 0. The van der Waals surface area contributed by atoms with E-state index in [2.05, 4.69) is 18.9 Å². The summed E-state index contributed by atoms with van der Waals surface area (Å²) in [5, 5.41) is 14.0. The quantitative estimate of drug-likeness (QED) is 0.841. The number of hydrogen-bond acceptors (Lipinski definition) is 3. The third-order valence-corrected chi connectivity index (χ3v) is 3.73. The van der Waals surface area contributed by atoms with Crippen molar-refractivity contribution in [3.63, 3.8) is 0 Å². The average Bonchev–Trinajstić information content (AvgIpc) is 2.96. The van der Waals surface area contributed by atoms with Gasteiger partial charge in [0.1, 0.15) is 12.4 Å². The van der Waals surface area contributed by atoms with Crippen molar-refractivity contribution in [1.29, 1.82) is 0 Å². The molecule has 0 unspecified atom stereocenters. The van der Waals surface area contributed by atoms with E-state index in [1.165, 1.54) is 0 Å². The van der Waals surface area contributed by atoms with Crippen LogP contribution in [0.15, 0.2) is 36.5 Å². The molecular weight excluding hydrogens is 264 g/mol. The molecule has 0 saturated carbocycles. The van der Waals surface area contributed by atoms with Crippen LogP contribution in [0, 0.1) is 0 Å². The van der Waals surface area contributed by atoms with Crippen molar-refractivity contribution in [2.45, 2.75) is 52.4 Å². The maximum Gasteiger partial charge on any atom is 0.132 e. The molecule has 2 aromatic rings. The van der Waals surface area contributed by atoms with E-state index < -0.39 is 6.10 Å². The second-order valence-corrected chi connectivity index (χ2v) is 5.29. The lowest BCUT2D eigenvalue weighted by Gasteiger charge is -2.12. The minimum absolute atomic E-state index is 0.449. The monoisotopic (exact) mass is 288 g/mol. The molecule has 0 bridgehead atoms. The fraction of sp³-hybridized carbons (Fsp3) is 0.471. The lowest BCUT2D eigenvalue weighted by Crippen LogP contribution is -2.08. The summed E-state index contributed by atoms with van der Waals surface area (Å²) in [6, 6.07) is 9.97. The minimum Gasteiger partial charge on any atom is -0.487 e. The lowest BCUT2D eigenvalue weighted by atomic mass is 10.1. The van der Waals surface area contributed by atoms with Gasteiger partial charge in [-0.1, -0.05) is 26.0 Å². The summed E-state index contributed by atoms with van der Waals surface area (Å²) in [5.74, 6) is 0.788. The van der Waals surface area contributed by atoms with Gasteiger partial charge in [-0.2, -0.15) is 5.10 Å². The molecule has 0 aliphatic heterocycles. The highest BCUT2D eigenvalue weighted by molar-refractivity contribution is 5.28. The van der Waals surface area contributed by atoms with Crippen molar-refractivity contribution in [2.75, 3.05) is 0 Å². The molecule has 2 rings (SSSR count). The van der Waals surface area contributed by atoms with Crippen LogP contribution in [0.25, 0.3) is 0 Å². The van der Waals surface area contributed by atoms with Crippen molar-refractivity contribution in [1.82, 2.24) is 9.78 Å². The van der Waals surface area contributed by atoms with Crippen LogP contribution in [-0.4, -0.2) is 14.9 Å². The largest absolute Gasteiger partial charge is 0.487 e. The maximum atomic E-state index is 9.47. The standard InChI is InChI=1S/C17H24N2O2/c1-4-16(5-2)19-11-10-15(18-19)12-21-17-8-6-14(7-9-17)13(3)20/h6-11,13,16,20H,4-5,12H2,1-3H3/t13-/m0/s1. The first kappa shape index (κ1) is 15.6.